The third-order valence-electron chi connectivity index (χ3n) is 4.81. The van der Waals surface area contributed by atoms with Gasteiger partial charge in [-0.15, -0.1) is 0 Å². The molecule has 3 amide bonds. The molecule has 2 saturated heterocycles. The van der Waals surface area contributed by atoms with Gasteiger partial charge in [-0.05, 0) is 13.0 Å². The number of piperazine rings is 1. The molecule has 0 saturated carbocycles. The van der Waals surface area contributed by atoms with Crippen LogP contribution in [0.1, 0.15) is 13.3 Å². The molecule has 1 aromatic carbocycles. The van der Waals surface area contributed by atoms with Gasteiger partial charge in [0.2, 0.25) is 5.91 Å². The van der Waals surface area contributed by atoms with E-state index in [0.717, 1.165) is 41.8 Å². The third-order valence-corrected chi connectivity index (χ3v) is 4.81. The number of pyridine rings is 1. The van der Waals surface area contributed by atoms with Crippen molar-refractivity contribution in [2.45, 2.75) is 19.4 Å². The number of imide groups is 1. The normalized spacial score (nSPS) is 21.6. The molecule has 2 fully saturated rings. The lowest BCUT2D eigenvalue weighted by Gasteiger charge is -2.34. The monoisotopic (exact) mass is 339 g/mol. The molecule has 0 unspecified atom stereocenters. The maximum Gasteiger partial charge on any atom is 0.328 e. The van der Waals surface area contributed by atoms with Gasteiger partial charge in [0.1, 0.15) is 0 Å². The second-order valence-electron chi connectivity index (χ2n) is 6.59. The van der Waals surface area contributed by atoms with E-state index < -0.39 is 0 Å². The first kappa shape index (κ1) is 15.8. The number of nitrogens with zero attached hydrogens (tertiary/aromatic N) is 3. The highest BCUT2D eigenvalue weighted by atomic mass is 16.2. The van der Waals surface area contributed by atoms with Crippen LogP contribution < -0.4 is 20.4 Å². The molecule has 0 spiro atoms. The van der Waals surface area contributed by atoms with Crippen LogP contribution >= 0.6 is 0 Å². The molecule has 7 nitrogen and oxygen atoms in total. The molecule has 0 bridgehead atoms. The molecule has 2 N–H and O–H groups in total. The van der Waals surface area contributed by atoms with Gasteiger partial charge in [0.15, 0.2) is 0 Å². The molecule has 4 rings (SSSR count). The molecule has 3 heterocycles. The van der Waals surface area contributed by atoms with E-state index in [1.165, 1.54) is 0 Å². The minimum absolute atomic E-state index is 0.232. The average Bonchev–Trinajstić information content (AvgIpc) is 2.61. The van der Waals surface area contributed by atoms with Crippen LogP contribution in [0.4, 0.5) is 16.2 Å². The number of aromatic nitrogens is 1. The van der Waals surface area contributed by atoms with Gasteiger partial charge in [0, 0.05) is 61.3 Å². The van der Waals surface area contributed by atoms with Crippen LogP contribution in [0, 0.1) is 0 Å². The Morgan fingerprint density at radius 3 is 2.80 bits per heavy atom. The quantitative estimate of drug-likeness (QED) is 0.867. The Labute approximate surface area is 146 Å². The van der Waals surface area contributed by atoms with Crippen molar-refractivity contribution in [1.29, 1.82) is 0 Å². The molecule has 0 aliphatic carbocycles. The number of carbonyl (C=O) groups is 2. The Bertz CT molecular complexity index is 837. The summed E-state index contributed by atoms with van der Waals surface area (Å²) in [5.74, 6) is -0.232. The molecular weight excluding hydrogens is 318 g/mol. The zero-order valence-electron chi connectivity index (χ0n) is 14.2. The molecule has 7 heteroatoms. The van der Waals surface area contributed by atoms with E-state index in [-0.39, 0.29) is 11.9 Å². The third kappa shape index (κ3) is 2.91. The van der Waals surface area contributed by atoms with Crippen LogP contribution in [0.5, 0.6) is 0 Å². The summed E-state index contributed by atoms with van der Waals surface area (Å²) in [6, 6.07) is 6.17. The van der Waals surface area contributed by atoms with Crippen LogP contribution in [0.25, 0.3) is 10.8 Å². The Hall–Kier alpha value is -2.67. The van der Waals surface area contributed by atoms with Crippen LogP contribution in [0.15, 0.2) is 30.6 Å². The lowest BCUT2D eigenvalue weighted by molar-refractivity contribution is -0.120. The van der Waals surface area contributed by atoms with Crippen molar-refractivity contribution >= 4 is 34.1 Å². The fraction of sp³-hybridized carbons (Fsp3) is 0.389. The van der Waals surface area contributed by atoms with E-state index in [1.54, 1.807) is 11.1 Å². The maximum atomic E-state index is 12.2. The van der Waals surface area contributed by atoms with Crippen LogP contribution in [-0.4, -0.2) is 49.1 Å². The molecule has 2 aliphatic rings. The molecule has 0 radical (unpaired) electrons. The fourth-order valence-electron chi connectivity index (χ4n) is 3.60. The fourth-order valence-corrected chi connectivity index (χ4v) is 3.60. The summed E-state index contributed by atoms with van der Waals surface area (Å²) in [4.78, 5) is 32.0. The van der Waals surface area contributed by atoms with Crippen molar-refractivity contribution in [3.63, 3.8) is 0 Å². The Morgan fingerprint density at radius 1 is 1.12 bits per heavy atom. The highest BCUT2D eigenvalue weighted by Gasteiger charge is 2.26. The topological polar surface area (TPSA) is 77.6 Å². The van der Waals surface area contributed by atoms with Crippen molar-refractivity contribution in [3.8, 4) is 0 Å². The van der Waals surface area contributed by atoms with Crippen LogP contribution in [-0.2, 0) is 4.79 Å². The lowest BCUT2D eigenvalue weighted by atomic mass is 10.1. The van der Waals surface area contributed by atoms with E-state index in [1.807, 2.05) is 18.3 Å². The molecule has 2 aromatic rings. The van der Waals surface area contributed by atoms with Gasteiger partial charge in [-0.1, -0.05) is 12.1 Å². The average molecular weight is 339 g/mol. The molecule has 2 aliphatic heterocycles. The molecule has 1 aromatic heterocycles. The number of nitrogens with one attached hydrogen (secondary N) is 2. The highest BCUT2D eigenvalue weighted by Crippen LogP contribution is 2.33. The summed E-state index contributed by atoms with van der Waals surface area (Å²) in [6.45, 7) is 5.37. The first-order valence-electron chi connectivity index (χ1n) is 8.60. The number of anilines is 2. The summed E-state index contributed by atoms with van der Waals surface area (Å²) in [7, 11) is 0. The smallest absolute Gasteiger partial charge is 0.328 e. The predicted octanol–water partition coefficient (Wildman–Crippen LogP) is 1.48. The van der Waals surface area contributed by atoms with E-state index in [4.69, 9.17) is 0 Å². The number of hydrogen-bond donors (Lipinski definition) is 2. The second kappa shape index (κ2) is 6.33. The van der Waals surface area contributed by atoms with Gasteiger partial charge in [-0.2, -0.15) is 0 Å². The predicted molar refractivity (Wildman–Crippen MR) is 96.9 cm³/mol. The first-order valence-corrected chi connectivity index (χ1v) is 8.60. The molecule has 130 valence electrons. The minimum atomic E-state index is -0.383. The minimum Gasteiger partial charge on any atom is -0.368 e. The zero-order chi connectivity index (χ0) is 17.4. The summed E-state index contributed by atoms with van der Waals surface area (Å²) in [5, 5.41) is 7.83. The highest BCUT2D eigenvalue weighted by molar-refractivity contribution is 6.11. The summed E-state index contributed by atoms with van der Waals surface area (Å²) >= 11 is 0. The van der Waals surface area contributed by atoms with Crippen molar-refractivity contribution in [2.24, 2.45) is 0 Å². The van der Waals surface area contributed by atoms with E-state index in [0.29, 0.717) is 19.0 Å². The number of rotatable bonds is 2. The molecular formula is C18H21N5O2. The Morgan fingerprint density at radius 2 is 2.00 bits per heavy atom. The zero-order valence-corrected chi connectivity index (χ0v) is 14.2. The Kier molecular flexibility index (Phi) is 4.01. The SMILES string of the molecule is C[C@H]1CN(c2cccc3c(N4CCC(=O)NC4=O)cncc23)CCN1. The van der Waals surface area contributed by atoms with Gasteiger partial charge >= 0.3 is 6.03 Å². The van der Waals surface area contributed by atoms with Gasteiger partial charge in [-0.3, -0.25) is 20.0 Å². The number of fused-ring (bicyclic) bond motifs is 1. The van der Waals surface area contributed by atoms with Crippen molar-refractivity contribution in [3.05, 3.63) is 30.6 Å². The number of hydrogen-bond acceptors (Lipinski definition) is 5. The molecule has 25 heavy (non-hydrogen) atoms. The number of urea groups is 1. The number of amides is 3. The van der Waals surface area contributed by atoms with E-state index in [2.05, 4.69) is 33.5 Å². The summed E-state index contributed by atoms with van der Waals surface area (Å²) < 4.78 is 0. The van der Waals surface area contributed by atoms with Gasteiger partial charge in [0.05, 0.1) is 11.9 Å². The van der Waals surface area contributed by atoms with Gasteiger partial charge in [0.25, 0.3) is 0 Å². The van der Waals surface area contributed by atoms with Crippen LogP contribution in [0.3, 0.4) is 0 Å². The van der Waals surface area contributed by atoms with Gasteiger partial charge in [-0.25, -0.2) is 4.79 Å². The summed E-state index contributed by atoms with van der Waals surface area (Å²) in [5.41, 5.74) is 1.88. The van der Waals surface area contributed by atoms with Crippen molar-refractivity contribution < 1.29 is 9.59 Å². The first-order chi connectivity index (χ1) is 12.1. The van der Waals surface area contributed by atoms with E-state index >= 15 is 0 Å². The summed E-state index contributed by atoms with van der Waals surface area (Å²) in [6.07, 6.45) is 3.85. The van der Waals surface area contributed by atoms with Crippen molar-refractivity contribution in [1.82, 2.24) is 15.6 Å². The maximum absolute atomic E-state index is 12.2. The largest absolute Gasteiger partial charge is 0.368 e. The number of carbonyl (C=O) groups excluding carboxylic acids is 2. The molecule has 1 atom stereocenters. The van der Waals surface area contributed by atoms with Gasteiger partial charge < -0.3 is 10.2 Å². The number of benzene rings is 1. The second-order valence-corrected chi connectivity index (χ2v) is 6.59. The van der Waals surface area contributed by atoms with Crippen LogP contribution in [0.2, 0.25) is 0 Å². The standard InChI is InChI=1S/C18H21N5O2/c1-12-11-22(8-6-20-12)15-4-2-3-13-14(15)9-19-10-16(13)23-7-5-17(24)21-18(23)25/h2-4,9-10,12,20H,5-8,11H2,1H3,(H,21,24,25)/t12-/m0/s1. The Balaban J connectivity index is 1.76. The lowest BCUT2D eigenvalue weighted by Crippen LogP contribution is -2.50. The van der Waals surface area contributed by atoms with E-state index in [9.17, 15) is 9.59 Å². The van der Waals surface area contributed by atoms with Crippen molar-refractivity contribution in [2.75, 3.05) is 36.0 Å².